The van der Waals surface area contributed by atoms with Crippen LogP contribution in [0, 0.1) is 19.8 Å². The molecule has 3 rings (SSSR count). The number of amides is 1. The summed E-state index contributed by atoms with van der Waals surface area (Å²) in [5.41, 5.74) is 3.49. The summed E-state index contributed by atoms with van der Waals surface area (Å²) in [6.45, 7) is 7.94. The average Bonchev–Trinajstić information content (AvgIpc) is 2.76. The van der Waals surface area contributed by atoms with Gasteiger partial charge in [0.05, 0.1) is 16.8 Å². The van der Waals surface area contributed by atoms with Gasteiger partial charge in [0.15, 0.2) is 0 Å². The fraction of sp³-hybridized carbons (Fsp3) is 0.269. The maximum Gasteiger partial charge on any atom is 0.263 e. The fourth-order valence-corrected chi connectivity index (χ4v) is 5.24. The second kappa shape index (κ2) is 10.4. The molecule has 7 heteroatoms. The van der Waals surface area contributed by atoms with Gasteiger partial charge < -0.3 is 5.32 Å². The third-order valence-corrected chi connectivity index (χ3v) is 7.39. The van der Waals surface area contributed by atoms with Gasteiger partial charge in [-0.25, -0.2) is 8.42 Å². The van der Waals surface area contributed by atoms with Gasteiger partial charge in [-0.2, -0.15) is 0 Å². The third-order valence-electron chi connectivity index (χ3n) is 5.55. The summed E-state index contributed by atoms with van der Waals surface area (Å²) < 4.78 is 28.8. The minimum absolute atomic E-state index is 0.0474. The van der Waals surface area contributed by atoms with Gasteiger partial charge in [0, 0.05) is 5.56 Å². The Balaban J connectivity index is 1.89. The molecule has 0 aliphatic rings. The van der Waals surface area contributed by atoms with Crippen molar-refractivity contribution in [3.8, 4) is 0 Å². The smallest absolute Gasteiger partial charge is 0.263 e. The van der Waals surface area contributed by atoms with E-state index in [0.29, 0.717) is 11.6 Å². The van der Waals surface area contributed by atoms with Crippen LogP contribution in [0.25, 0.3) is 0 Å². The number of nitrogens with one attached hydrogen (secondary N) is 2. The minimum Gasteiger partial charge on any atom is -0.345 e. The molecule has 0 aromatic heterocycles. The largest absolute Gasteiger partial charge is 0.345 e. The van der Waals surface area contributed by atoms with E-state index in [9.17, 15) is 13.2 Å². The van der Waals surface area contributed by atoms with Gasteiger partial charge in [0.1, 0.15) is 4.90 Å². The van der Waals surface area contributed by atoms with Crippen molar-refractivity contribution in [2.24, 2.45) is 5.92 Å². The van der Waals surface area contributed by atoms with Crippen molar-refractivity contribution in [1.29, 1.82) is 0 Å². The third kappa shape index (κ3) is 6.15. The van der Waals surface area contributed by atoms with Gasteiger partial charge in [-0.15, -0.1) is 0 Å². The van der Waals surface area contributed by atoms with Gasteiger partial charge in [-0.3, -0.25) is 9.52 Å². The number of rotatable bonds is 8. The number of sulfonamides is 1. The van der Waals surface area contributed by atoms with E-state index in [4.69, 9.17) is 11.6 Å². The molecule has 0 saturated heterocycles. The Labute approximate surface area is 201 Å². The number of carbonyl (C=O) groups excluding carboxylic acids is 1. The Morgan fingerprint density at radius 1 is 0.970 bits per heavy atom. The van der Waals surface area contributed by atoms with Crippen LogP contribution in [0.3, 0.4) is 0 Å². The van der Waals surface area contributed by atoms with Gasteiger partial charge in [0.2, 0.25) is 0 Å². The van der Waals surface area contributed by atoms with E-state index >= 15 is 0 Å². The predicted molar refractivity (Wildman–Crippen MR) is 134 cm³/mol. The van der Waals surface area contributed by atoms with Crippen LogP contribution in [-0.2, 0) is 10.0 Å². The lowest BCUT2D eigenvalue weighted by Gasteiger charge is -2.21. The maximum absolute atomic E-state index is 13.1. The molecule has 3 aromatic carbocycles. The van der Waals surface area contributed by atoms with Crippen LogP contribution >= 0.6 is 11.6 Å². The number of anilines is 1. The molecule has 0 heterocycles. The molecule has 0 aliphatic carbocycles. The van der Waals surface area contributed by atoms with Crippen LogP contribution < -0.4 is 10.0 Å². The van der Waals surface area contributed by atoms with E-state index in [-0.39, 0.29) is 27.4 Å². The monoisotopic (exact) mass is 484 g/mol. The van der Waals surface area contributed by atoms with Gasteiger partial charge in [-0.1, -0.05) is 67.9 Å². The summed E-state index contributed by atoms with van der Waals surface area (Å²) in [7, 11) is -4.00. The van der Waals surface area contributed by atoms with Crippen molar-refractivity contribution < 1.29 is 13.2 Å². The van der Waals surface area contributed by atoms with Crippen molar-refractivity contribution in [1.82, 2.24) is 5.32 Å². The molecule has 5 nitrogen and oxygen atoms in total. The van der Waals surface area contributed by atoms with Crippen molar-refractivity contribution >= 4 is 33.2 Å². The summed E-state index contributed by atoms with van der Waals surface area (Å²) >= 11 is 6.24. The normalized spacial score (nSPS) is 12.4. The first-order valence-electron chi connectivity index (χ1n) is 10.8. The molecule has 0 unspecified atom stereocenters. The van der Waals surface area contributed by atoms with Crippen LogP contribution in [0.15, 0.2) is 71.6 Å². The van der Waals surface area contributed by atoms with Crippen LogP contribution in [0.4, 0.5) is 5.69 Å². The molecule has 33 heavy (non-hydrogen) atoms. The summed E-state index contributed by atoms with van der Waals surface area (Å²) in [5, 5.41) is 3.10. The fourth-order valence-electron chi connectivity index (χ4n) is 3.59. The predicted octanol–water partition coefficient (Wildman–Crippen LogP) is 6.27. The first-order valence-corrected chi connectivity index (χ1v) is 12.7. The molecular weight excluding hydrogens is 456 g/mol. The quantitative estimate of drug-likeness (QED) is 0.395. The zero-order valence-electron chi connectivity index (χ0n) is 19.2. The van der Waals surface area contributed by atoms with E-state index in [2.05, 4.69) is 23.9 Å². The maximum atomic E-state index is 13.1. The molecule has 0 fully saturated rings. The Bertz CT molecular complexity index is 1240. The standard InChI is InChI=1S/C26H29ClN2O3S/c1-17(2)15-24(20-10-6-5-7-11-20)28-26(30)21-13-14-22(27)25(16-21)33(31,32)29-23-12-8-9-18(3)19(23)4/h5-14,16-17,24,29H,15H2,1-4H3,(H,28,30)/t24-/m0/s1. The second-order valence-electron chi connectivity index (χ2n) is 8.56. The number of benzene rings is 3. The number of hydrogen-bond donors (Lipinski definition) is 2. The Morgan fingerprint density at radius 2 is 1.67 bits per heavy atom. The molecule has 0 saturated carbocycles. The van der Waals surface area contributed by atoms with Crippen molar-refractivity contribution in [3.05, 3.63) is 94.0 Å². The van der Waals surface area contributed by atoms with Crippen LogP contribution in [0.2, 0.25) is 5.02 Å². The minimum atomic E-state index is -4.00. The van der Waals surface area contributed by atoms with Crippen LogP contribution in [0.1, 0.15) is 53.4 Å². The highest BCUT2D eigenvalue weighted by molar-refractivity contribution is 7.92. The molecule has 1 amide bonds. The lowest BCUT2D eigenvalue weighted by atomic mass is 9.96. The molecule has 3 aromatic rings. The first-order chi connectivity index (χ1) is 15.6. The van der Waals surface area contributed by atoms with Gasteiger partial charge >= 0.3 is 0 Å². The molecule has 0 bridgehead atoms. The van der Waals surface area contributed by atoms with Crippen LogP contribution in [0.5, 0.6) is 0 Å². The molecule has 0 radical (unpaired) electrons. The van der Waals surface area contributed by atoms with Gasteiger partial charge in [-0.05, 0) is 67.1 Å². The SMILES string of the molecule is Cc1cccc(NS(=O)(=O)c2cc(C(=O)N[C@@H](CC(C)C)c3ccccc3)ccc2Cl)c1C. The molecule has 0 spiro atoms. The Hall–Kier alpha value is -2.83. The number of aryl methyl sites for hydroxylation is 1. The van der Waals surface area contributed by atoms with E-state index in [1.165, 1.54) is 18.2 Å². The summed E-state index contributed by atoms with van der Waals surface area (Å²) in [6.07, 6.45) is 0.753. The van der Waals surface area contributed by atoms with Crippen molar-refractivity contribution in [3.63, 3.8) is 0 Å². The summed E-state index contributed by atoms with van der Waals surface area (Å²) in [6, 6.07) is 19.2. The van der Waals surface area contributed by atoms with Crippen molar-refractivity contribution in [2.75, 3.05) is 4.72 Å². The average molecular weight is 485 g/mol. The Kier molecular flexibility index (Phi) is 7.82. The lowest BCUT2D eigenvalue weighted by molar-refractivity contribution is 0.0931. The van der Waals surface area contributed by atoms with E-state index in [0.717, 1.165) is 23.1 Å². The first kappa shape index (κ1) is 24.8. The number of carbonyl (C=O) groups is 1. The molecule has 174 valence electrons. The highest BCUT2D eigenvalue weighted by atomic mass is 35.5. The topological polar surface area (TPSA) is 75.3 Å². The van der Waals surface area contributed by atoms with E-state index in [1.54, 1.807) is 12.1 Å². The molecule has 2 N–H and O–H groups in total. The Morgan fingerprint density at radius 3 is 2.33 bits per heavy atom. The number of hydrogen-bond acceptors (Lipinski definition) is 3. The highest BCUT2D eigenvalue weighted by Gasteiger charge is 2.23. The van der Waals surface area contributed by atoms with Gasteiger partial charge in [0.25, 0.3) is 15.9 Å². The molecule has 1 atom stereocenters. The van der Waals surface area contributed by atoms with Crippen LogP contribution in [-0.4, -0.2) is 14.3 Å². The zero-order valence-corrected chi connectivity index (χ0v) is 20.8. The van der Waals surface area contributed by atoms with E-state index in [1.807, 2.05) is 50.2 Å². The second-order valence-corrected chi connectivity index (χ2v) is 10.6. The lowest BCUT2D eigenvalue weighted by Crippen LogP contribution is -2.29. The molecular formula is C26H29ClN2O3S. The molecule has 0 aliphatic heterocycles. The summed E-state index contributed by atoms with van der Waals surface area (Å²) in [5.74, 6) is 0.00258. The highest BCUT2D eigenvalue weighted by Crippen LogP contribution is 2.28. The summed E-state index contributed by atoms with van der Waals surface area (Å²) in [4.78, 5) is 12.9. The number of halogens is 1. The zero-order chi connectivity index (χ0) is 24.2. The van der Waals surface area contributed by atoms with Crippen molar-refractivity contribution in [2.45, 2.75) is 45.1 Å². The van der Waals surface area contributed by atoms with E-state index < -0.39 is 10.0 Å².